The summed E-state index contributed by atoms with van der Waals surface area (Å²) in [4.78, 5) is 2.19. The van der Waals surface area contributed by atoms with E-state index in [1.165, 1.54) is 11.1 Å². The first-order valence-electron chi connectivity index (χ1n) is 7.22. The Labute approximate surface area is 125 Å². The van der Waals surface area contributed by atoms with Gasteiger partial charge < -0.3 is 9.64 Å². The smallest absolute Gasteiger partial charge is 0.122 e. The summed E-state index contributed by atoms with van der Waals surface area (Å²) in [5, 5.41) is 8.96. The maximum Gasteiger partial charge on any atom is 0.122 e. The molecule has 3 rings (SSSR count). The zero-order valence-corrected chi connectivity index (χ0v) is 12.2. The number of nitriles is 1. The average Bonchev–Trinajstić information content (AvgIpc) is 3.00. The van der Waals surface area contributed by atoms with Crippen molar-refractivity contribution in [2.45, 2.75) is 12.8 Å². The standard InChI is InChI=1S/C18H18N2O/c1-20(17-4-2-3-15(12-17)13-19)9-7-14-5-6-18-16(11-14)8-10-21-18/h2-6,11-12H,7-10H2,1H3. The molecule has 0 saturated heterocycles. The predicted octanol–water partition coefficient (Wildman–Crippen LogP) is 3.17. The van der Waals surface area contributed by atoms with Crippen LogP contribution < -0.4 is 9.64 Å². The maximum atomic E-state index is 8.96. The maximum absolute atomic E-state index is 8.96. The first kappa shape index (κ1) is 13.5. The molecule has 0 amide bonds. The molecule has 3 nitrogen and oxygen atoms in total. The van der Waals surface area contributed by atoms with Crippen molar-refractivity contribution in [1.82, 2.24) is 0 Å². The van der Waals surface area contributed by atoms with Crippen LogP contribution in [0.2, 0.25) is 0 Å². The Morgan fingerprint density at radius 3 is 3.00 bits per heavy atom. The molecule has 0 unspecified atom stereocenters. The molecule has 21 heavy (non-hydrogen) atoms. The molecule has 0 aromatic heterocycles. The minimum atomic E-state index is 0.703. The van der Waals surface area contributed by atoms with E-state index in [4.69, 9.17) is 10.00 Å². The van der Waals surface area contributed by atoms with E-state index in [-0.39, 0.29) is 0 Å². The second kappa shape index (κ2) is 5.88. The van der Waals surface area contributed by atoms with E-state index in [1.54, 1.807) is 0 Å². The first-order chi connectivity index (χ1) is 10.3. The van der Waals surface area contributed by atoms with Gasteiger partial charge in [0.05, 0.1) is 18.2 Å². The second-order valence-corrected chi connectivity index (χ2v) is 5.37. The molecule has 1 aliphatic heterocycles. The molecule has 106 valence electrons. The minimum Gasteiger partial charge on any atom is -0.493 e. The van der Waals surface area contributed by atoms with Crippen molar-refractivity contribution < 1.29 is 4.74 Å². The molecule has 1 heterocycles. The highest BCUT2D eigenvalue weighted by Gasteiger charge is 2.12. The normalized spacial score (nSPS) is 12.4. The van der Waals surface area contributed by atoms with Gasteiger partial charge in [0, 0.05) is 25.7 Å². The highest BCUT2D eigenvalue weighted by molar-refractivity contribution is 5.51. The van der Waals surface area contributed by atoms with E-state index in [1.807, 2.05) is 24.3 Å². The quantitative estimate of drug-likeness (QED) is 0.862. The van der Waals surface area contributed by atoms with Gasteiger partial charge in [0.2, 0.25) is 0 Å². The van der Waals surface area contributed by atoms with Gasteiger partial charge in [-0.15, -0.1) is 0 Å². The molecule has 0 saturated carbocycles. The summed E-state index contributed by atoms with van der Waals surface area (Å²) in [7, 11) is 2.06. The average molecular weight is 278 g/mol. The van der Waals surface area contributed by atoms with Crippen LogP contribution in [0.5, 0.6) is 5.75 Å². The highest BCUT2D eigenvalue weighted by atomic mass is 16.5. The fourth-order valence-electron chi connectivity index (χ4n) is 2.63. The molecule has 0 atom stereocenters. The van der Waals surface area contributed by atoms with Gasteiger partial charge >= 0.3 is 0 Å². The third-order valence-corrected chi connectivity index (χ3v) is 3.91. The monoisotopic (exact) mass is 278 g/mol. The lowest BCUT2D eigenvalue weighted by molar-refractivity contribution is 0.357. The van der Waals surface area contributed by atoms with Gasteiger partial charge in [0.25, 0.3) is 0 Å². The number of rotatable bonds is 4. The zero-order chi connectivity index (χ0) is 14.7. The largest absolute Gasteiger partial charge is 0.493 e. The molecular formula is C18H18N2O. The molecular weight excluding hydrogens is 260 g/mol. The molecule has 2 aromatic rings. The second-order valence-electron chi connectivity index (χ2n) is 5.37. The van der Waals surface area contributed by atoms with Crippen molar-refractivity contribution in [3.63, 3.8) is 0 Å². The summed E-state index contributed by atoms with van der Waals surface area (Å²) in [5.74, 6) is 1.04. The lowest BCUT2D eigenvalue weighted by Gasteiger charge is -2.19. The number of ether oxygens (including phenoxy) is 1. The molecule has 1 aliphatic rings. The summed E-state index contributed by atoms with van der Waals surface area (Å²) in [6.07, 6.45) is 2.00. The summed E-state index contributed by atoms with van der Waals surface area (Å²) in [6, 6.07) is 16.4. The Morgan fingerprint density at radius 2 is 2.14 bits per heavy atom. The van der Waals surface area contributed by atoms with Crippen LogP contribution in [-0.4, -0.2) is 20.2 Å². The van der Waals surface area contributed by atoms with Crippen LogP contribution in [0.4, 0.5) is 5.69 Å². The zero-order valence-electron chi connectivity index (χ0n) is 12.2. The number of anilines is 1. The van der Waals surface area contributed by atoms with Gasteiger partial charge in [-0.1, -0.05) is 18.2 Å². The Kier molecular flexibility index (Phi) is 3.79. The summed E-state index contributed by atoms with van der Waals surface area (Å²) < 4.78 is 5.53. The van der Waals surface area contributed by atoms with E-state index in [0.29, 0.717) is 5.56 Å². The van der Waals surface area contributed by atoms with Crippen molar-refractivity contribution in [3.8, 4) is 11.8 Å². The van der Waals surface area contributed by atoms with Gasteiger partial charge in [-0.05, 0) is 41.8 Å². The Bertz CT molecular complexity index is 688. The molecule has 0 radical (unpaired) electrons. The van der Waals surface area contributed by atoms with Crippen molar-refractivity contribution >= 4 is 5.69 Å². The number of fused-ring (bicyclic) bond motifs is 1. The molecule has 0 aliphatic carbocycles. The highest BCUT2D eigenvalue weighted by Crippen LogP contribution is 2.26. The predicted molar refractivity (Wildman–Crippen MR) is 83.8 cm³/mol. The van der Waals surface area contributed by atoms with Crippen LogP contribution in [-0.2, 0) is 12.8 Å². The van der Waals surface area contributed by atoms with Crippen LogP contribution in [0.15, 0.2) is 42.5 Å². The molecule has 0 fully saturated rings. The van der Waals surface area contributed by atoms with E-state index in [0.717, 1.165) is 37.4 Å². The lowest BCUT2D eigenvalue weighted by atomic mass is 10.1. The number of hydrogen-bond acceptors (Lipinski definition) is 3. The molecule has 3 heteroatoms. The number of benzene rings is 2. The summed E-state index contributed by atoms with van der Waals surface area (Å²) in [5.41, 5.74) is 4.44. The third kappa shape index (κ3) is 3.00. The van der Waals surface area contributed by atoms with E-state index >= 15 is 0 Å². The number of likely N-dealkylation sites (N-methyl/N-ethyl adjacent to an activating group) is 1. The van der Waals surface area contributed by atoms with Crippen molar-refractivity contribution in [1.29, 1.82) is 5.26 Å². The topological polar surface area (TPSA) is 36.3 Å². The van der Waals surface area contributed by atoms with E-state index in [2.05, 4.69) is 36.2 Å². The van der Waals surface area contributed by atoms with Gasteiger partial charge in [-0.25, -0.2) is 0 Å². The number of nitrogens with zero attached hydrogens (tertiary/aromatic N) is 2. The summed E-state index contributed by atoms with van der Waals surface area (Å²) >= 11 is 0. The van der Waals surface area contributed by atoms with Crippen molar-refractivity contribution in [3.05, 3.63) is 59.2 Å². The number of hydrogen-bond donors (Lipinski definition) is 0. The SMILES string of the molecule is CN(CCc1ccc2c(c1)CCO2)c1cccc(C#N)c1. The van der Waals surface area contributed by atoms with Crippen molar-refractivity contribution in [2.75, 3.05) is 25.1 Å². The van der Waals surface area contributed by atoms with Gasteiger partial charge in [-0.2, -0.15) is 5.26 Å². The van der Waals surface area contributed by atoms with Crippen LogP contribution in [0, 0.1) is 11.3 Å². The van der Waals surface area contributed by atoms with Crippen LogP contribution in [0.1, 0.15) is 16.7 Å². The molecule has 0 N–H and O–H groups in total. The van der Waals surface area contributed by atoms with Gasteiger partial charge in [0.1, 0.15) is 5.75 Å². The fourth-order valence-corrected chi connectivity index (χ4v) is 2.63. The van der Waals surface area contributed by atoms with E-state index < -0.39 is 0 Å². The third-order valence-electron chi connectivity index (χ3n) is 3.91. The van der Waals surface area contributed by atoms with E-state index in [9.17, 15) is 0 Å². The van der Waals surface area contributed by atoms with Gasteiger partial charge in [0.15, 0.2) is 0 Å². The van der Waals surface area contributed by atoms with Gasteiger partial charge in [-0.3, -0.25) is 0 Å². The van der Waals surface area contributed by atoms with Crippen LogP contribution in [0.25, 0.3) is 0 Å². The summed E-state index contributed by atoms with van der Waals surface area (Å²) in [6.45, 7) is 1.73. The van der Waals surface area contributed by atoms with Crippen molar-refractivity contribution in [2.24, 2.45) is 0 Å². The fraction of sp³-hybridized carbons (Fsp3) is 0.278. The molecule has 2 aromatic carbocycles. The Hall–Kier alpha value is -2.47. The lowest BCUT2D eigenvalue weighted by Crippen LogP contribution is -2.20. The molecule has 0 spiro atoms. The van der Waals surface area contributed by atoms with Crippen LogP contribution >= 0.6 is 0 Å². The Balaban J connectivity index is 1.65. The molecule has 0 bridgehead atoms. The van der Waals surface area contributed by atoms with Crippen LogP contribution in [0.3, 0.4) is 0 Å². The minimum absolute atomic E-state index is 0.703. The Morgan fingerprint density at radius 1 is 1.24 bits per heavy atom. The first-order valence-corrected chi connectivity index (χ1v) is 7.22.